The largest absolute Gasteiger partial charge is 0.481 e. The van der Waals surface area contributed by atoms with E-state index in [-0.39, 0.29) is 18.8 Å². The Kier molecular flexibility index (Phi) is 8.34. The molecule has 4 rings (SSSR count). The van der Waals surface area contributed by atoms with Gasteiger partial charge in [0.1, 0.15) is 5.82 Å². The van der Waals surface area contributed by atoms with Crippen molar-refractivity contribution in [3.63, 3.8) is 0 Å². The second kappa shape index (κ2) is 12.0. The molecule has 36 heavy (non-hydrogen) atoms. The number of hydrogen-bond donors (Lipinski definition) is 2. The SMILES string of the molecule is COc1ccc(C(CC(=O)O)Cc2cc(OCCc3ccc4c(n3)NCCC4)n(CCC#N)n2)cn1. The van der Waals surface area contributed by atoms with E-state index in [1.54, 1.807) is 16.9 Å². The minimum atomic E-state index is -0.900. The Bertz CT molecular complexity index is 1220. The molecule has 2 N–H and O–H groups in total. The standard InChI is InChI=1S/C26H30N6O4/c1-35-23-8-6-19(17-29-23)20(15-25(33)34)14-22-16-24(32(31-22)12-3-10-27)36-13-9-21-7-5-18-4-2-11-28-26(18)30-21/h5-8,16-17,20H,2-4,9,11-15H2,1H3,(H,28,30)(H,33,34). The number of carbonyl (C=O) groups is 1. The summed E-state index contributed by atoms with van der Waals surface area (Å²) in [6.07, 6.45) is 5.05. The molecule has 1 aliphatic rings. The Labute approximate surface area is 209 Å². The van der Waals surface area contributed by atoms with Gasteiger partial charge in [-0.3, -0.25) is 4.79 Å². The number of aryl methyl sites for hydroxylation is 2. The van der Waals surface area contributed by atoms with Gasteiger partial charge in [-0.1, -0.05) is 12.1 Å². The van der Waals surface area contributed by atoms with Gasteiger partial charge in [-0.05, 0) is 36.5 Å². The zero-order chi connectivity index (χ0) is 25.3. The van der Waals surface area contributed by atoms with Gasteiger partial charge in [0.05, 0.1) is 44.9 Å². The average Bonchev–Trinajstić information content (AvgIpc) is 3.27. The maximum atomic E-state index is 11.5. The number of aliphatic carboxylic acids is 1. The van der Waals surface area contributed by atoms with Gasteiger partial charge >= 0.3 is 5.97 Å². The number of nitrogens with zero attached hydrogens (tertiary/aromatic N) is 5. The van der Waals surface area contributed by atoms with Crippen molar-refractivity contribution < 1.29 is 19.4 Å². The van der Waals surface area contributed by atoms with Crippen LogP contribution >= 0.6 is 0 Å². The van der Waals surface area contributed by atoms with Crippen molar-refractivity contribution in [1.29, 1.82) is 5.26 Å². The van der Waals surface area contributed by atoms with Crippen molar-refractivity contribution in [1.82, 2.24) is 19.7 Å². The van der Waals surface area contributed by atoms with Gasteiger partial charge in [-0.25, -0.2) is 14.6 Å². The summed E-state index contributed by atoms with van der Waals surface area (Å²) in [5, 5.41) is 26.5. The first kappa shape index (κ1) is 25.0. The smallest absolute Gasteiger partial charge is 0.303 e. The monoisotopic (exact) mass is 490 g/mol. The number of methoxy groups -OCH3 is 1. The van der Waals surface area contributed by atoms with Gasteiger partial charge in [-0.15, -0.1) is 0 Å². The van der Waals surface area contributed by atoms with Crippen LogP contribution in [-0.4, -0.2) is 51.1 Å². The minimum Gasteiger partial charge on any atom is -0.481 e. The van der Waals surface area contributed by atoms with Crippen LogP contribution in [0.5, 0.6) is 11.8 Å². The number of anilines is 1. The van der Waals surface area contributed by atoms with Crippen LogP contribution in [0.1, 0.15) is 47.7 Å². The lowest BCUT2D eigenvalue weighted by molar-refractivity contribution is -0.137. The molecule has 0 radical (unpaired) electrons. The number of carboxylic acid groups (broad SMARTS) is 1. The number of hydrogen-bond acceptors (Lipinski definition) is 8. The normalized spacial score (nSPS) is 13.2. The first-order valence-corrected chi connectivity index (χ1v) is 12.1. The molecule has 3 aromatic heterocycles. The Morgan fingerprint density at radius 2 is 2.19 bits per heavy atom. The van der Waals surface area contributed by atoms with Gasteiger partial charge < -0.3 is 19.9 Å². The summed E-state index contributed by atoms with van der Waals surface area (Å²) in [4.78, 5) is 20.5. The summed E-state index contributed by atoms with van der Waals surface area (Å²) < 4.78 is 12.8. The van der Waals surface area contributed by atoms with E-state index in [4.69, 9.17) is 19.7 Å². The molecule has 1 aliphatic heterocycles. The first-order chi connectivity index (χ1) is 17.6. The van der Waals surface area contributed by atoms with Crippen LogP contribution in [0, 0.1) is 11.3 Å². The summed E-state index contributed by atoms with van der Waals surface area (Å²) in [6, 6.07) is 11.7. The fraction of sp³-hybridized carbons (Fsp3) is 0.423. The lowest BCUT2D eigenvalue weighted by Gasteiger charge is -2.17. The number of ether oxygens (including phenoxy) is 2. The third-order valence-corrected chi connectivity index (χ3v) is 6.11. The lowest BCUT2D eigenvalue weighted by Crippen LogP contribution is -2.15. The van der Waals surface area contributed by atoms with E-state index >= 15 is 0 Å². The van der Waals surface area contributed by atoms with Crippen molar-refractivity contribution in [3.8, 4) is 17.8 Å². The molecule has 0 saturated heterocycles. The Morgan fingerprint density at radius 1 is 1.31 bits per heavy atom. The van der Waals surface area contributed by atoms with E-state index in [1.165, 1.54) is 12.7 Å². The number of aromatic nitrogens is 4. The minimum absolute atomic E-state index is 0.0622. The molecule has 0 fully saturated rings. The van der Waals surface area contributed by atoms with Crippen LogP contribution in [0.2, 0.25) is 0 Å². The topological polar surface area (TPSA) is 135 Å². The van der Waals surface area contributed by atoms with Gasteiger partial charge in [0.25, 0.3) is 0 Å². The van der Waals surface area contributed by atoms with Crippen LogP contribution in [0.25, 0.3) is 0 Å². The van der Waals surface area contributed by atoms with E-state index in [1.807, 2.05) is 18.2 Å². The van der Waals surface area contributed by atoms with Crippen molar-refractivity contribution >= 4 is 11.8 Å². The van der Waals surface area contributed by atoms with Crippen molar-refractivity contribution in [2.75, 3.05) is 25.6 Å². The second-order valence-corrected chi connectivity index (χ2v) is 8.68. The van der Waals surface area contributed by atoms with E-state index in [0.717, 1.165) is 36.5 Å². The van der Waals surface area contributed by atoms with E-state index in [9.17, 15) is 9.90 Å². The van der Waals surface area contributed by atoms with E-state index < -0.39 is 5.97 Å². The molecule has 188 valence electrons. The zero-order valence-corrected chi connectivity index (χ0v) is 20.3. The van der Waals surface area contributed by atoms with E-state index in [2.05, 4.69) is 27.5 Å². The van der Waals surface area contributed by atoms with Crippen LogP contribution in [0.3, 0.4) is 0 Å². The molecular weight excluding hydrogens is 460 g/mol. The van der Waals surface area contributed by atoms with Crippen LogP contribution in [-0.2, 0) is 30.6 Å². The second-order valence-electron chi connectivity index (χ2n) is 8.68. The number of rotatable bonds is 12. The molecule has 10 heteroatoms. The van der Waals surface area contributed by atoms with Crippen molar-refractivity contribution in [2.24, 2.45) is 0 Å². The summed E-state index contributed by atoms with van der Waals surface area (Å²) in [5.74, 6) is 0.757. The number of nitrogens with one attached hydrogen (secondary N) is 1. The van der Waals surface area contributed by atoms with Gasteiger partial charge in [-0.2, -0.15) is 10.4 Å². The molecule has 10 nitrogen and oxygen atoms in total. The maximum Gasteiger partial charge on any atom is 0.303 e. The predicted molar refractivity (Wildman–Crippen MR) is 132 cm³/mol. The highest BCUT2D eigenvalue weighted by molar-refractivity contribution is 5.68. The number of fused-ring (bicyclic) bond motifs is 1. The summed E-state index contributed by atoms with van der Waals surface area (Å²) in [6.45, 7) is 1.74. The Hall–Kier alpha value is -4.13. The molecule has 1 unspecified atom stereocenters. The lowest BCUT2D eigenvalue weighted by atomic mass is 9.92. The Morgan fingerprint density at radius 3 is 2.94 bits per heavy atom. The number of carboxylic acids is 1. The Balaban J connectivity index is 1.45. The highest BCUT2D eigenvalue weighted by Gasteiger charge is 2.20. The third-order valence-electron chi connectivity index (χ3n) is 6.11. The predicted octanol–water partition coefficient (Wildman–Crippen LogP) is 3.38. The fourth-order valence-corrected chi connectivity index (χ4v) is 4.28. The number of pyridine rings is 2. The molecule has 1 atom stereocenters. The van der Waals surface area contributed by atoms with Gasteiger partial charge in [0, 0.05) is 42.9 Å². The van der Waals surface area contributed by atoms with Gasteiger partial charge in [0.2, 0.25) is 11.8 Å². The highest BCUT2D eigenvalue weighted by atomic mass is 16.5. The van der Waals surface area contributed by atoms with Gasteiger partial charge in [0.15, 0.2) is 0 Å². The quantitative estimate of drug-likeness (QED) is 0.392. The molecule has 0 spiro atoms. The fourth-order valence-electron chi connectivity index (χ4n) is 4.28. The molecule has 0 aliphatic carbocycles. The van der Waals surface area contributed by atoms with Crippen LogP contribution in [0.15, 0.2) is 36.5 Å². The molecule has 4 heterocycles. The molecule has 0 aromatic carbocycles. The maximum absolute atomic E-state index is 11.5. The zero-order valence-electron chi connectivity index (χ0n) is 20.3. The summed E-state index contributed by atoms with van der Waals surface area (Å²) in [5.41, 5.74) is 3.67. The van der Waals surface area contributed by atoms with Crippen LogP contribution in [0.4, 0.5) is 5.82 Å². The third kappa shape index (κ3) is 6.50. The average molecular weight is 491 g/mol. The van der Waals surface area contributed by atoms with Crippen molar-refractivity contribution in [2.45, 2.75) is 51.0 Å². The van der Waals surface area contributed by atoms with Crippen LogP contribution < -0.4 is 14.8 Å². The molecule has 3 aromatic rings. The highest BCUT2D eigenvalue weighted by Crippen LogP contribution is 2.27. The van der Waals surface area contributed by atoms with E-state index in [0.29, 0.717) is 43.4 Å². The summed E-state index contributed by atoms with van der Waals surface area (Å²) in [7, 11) is 1.53. The molecule has 0 bridgehead atoms. The van der Waals surface area contributed by atoms with Crippen molar-refractivity contribution in [3.05, 3.63) is 59.0 Å². The molecule has 0 saturated carbocycles. The molecule has 0 amide bonds. The summed E-state index contributed by atoms with van der Waals surface area (Å²) >= 11 is 0. The number of nitriles is 1. The first-order valence-electron chi connectivity index (χ1n) is 12.1. The molecular formula is C26H30N6O4.